The highest BCUT2D eigenvalue weighted by molar-refractivity contribution is 7.07. The van der Waals surface area contributed by atoms with E-state index in [0.29, 0.717) is 18.6 Å². The average molecular weight is 375 g/mol. The van der Waals surface area contributed by atoms with Gasteiger partial charge in [-0.1, -0.05) is 20.3 Å². The molecule has 0 amide bonds. The normalized spacial score (nSPS) is 20.7. The Morgan fingerprint density at radius 3 is 2.73 bits per heavy atom. The molecule has 0 spiro atoms. The van der Waals surface area contributed by atoms with E-state index in [-0.39, 0.29) is 17.2 Å². The Balaban J connectivity index is 1.96. The highest BCUT2D eigenvalue weighted by atomic mass is 32.1. The fourth-order valence-electron chi connectivity index (χ4n) is 3.79. The van der Waals surface area contributed by atoms with Crippen LogP contribution in [-0.4, -0.2) is 5.11 Å². The lowest BCUT2D eigenvalue weighted by Gasteiger charge is -2.29. The van der Waals surface area contributed by atoms with E-state index in [2.05, 4.69) is 18.4 Å². The first-order valence-electron chi connectivity index (χ1n) is 9.23. The van der Waals surface area contributed by atoms with Gasteiger partial charge in [-0.15, -0.1) is 0 Å². The van der Waals surface area contributed by atoms with Gasteiger partial charge in [0.1, 0.15) is 22.7 Å². The molecule has 4 nitrogen and oxygen atoms in total. The first-order chi connectivity index (χ1) is 12.5. The van der Waals surface area contributed by atoms with Crippen molar-refractivity contribution in [1.29, 1.82) is 0 Å². The van der Waals surface area contributed by atoms with Crippen LogP contribution in [0.2, 0.25) is 0 Å². The third kappa shape index (κ3) is 3.58. The Hall–Kier alpha value is -2.01. The lowest BCUT2D eigenvalue weighted by Crippen LogP contribution is -2.32. The van der Waals surface area contributed by atoms with Gasteiger partial charge in [-0.3, -0.25) is 0 Å². The van der Waals surface area contributed by atoms with Crippen LogP contribution < -0.4 is 5.63 Å². The standard InChI is InChI=1S/C21H26O4S/c1-4-8-21(9-6-14(3)25-21)19-17(22)12-18(24-20(19)23)16(5-2)11-15-7-10-26-13-15/h6-7,10,12-13,16,22H,4-5,8-9,11H2,1-3H3. The highest BCUT2D eigenvalue weighted by Gasteiger charge is 2.42. The van der Waals surface area contributed by atoms with Crippen molar-refractivity contribution >= 4 is 11.3 Å². The zero-order valence-electron chi connectivity index (χ0n) is 15.6. The molecular formula is C21H26O4S. The smallest absolute Gasteiger partial charge is 0.347 e. The summed E-state index contributed by atoms with van der Waals surface area (Å²) in [6.45, 7) is 5.98. The lowest BCUT2D eigenvalue weighted by atomic mass is 9.86. The number of ether oxygens (including phenoxy) is 1. The first kappa shape index (κ1) is 18.8. The molecule has 5 heteroatoms. The molecular weight excluding hydrogens is 348 g/mol. The van der Waals surface area contributed by atoms with Gasteiger partial charge in [0, 0.05) is 18.4 Å². The molecule has 26 heavy (non-hydrogen) atoms. The van der Waals surface area contributed by atoms with E-state index in [9.17, 15) is 9.90 Å². The predicted molar refractivity (Wildman–Crippen MR) is 104 cm³/mol. The minimum Gasteiger partial charge on any atom is -0.507 e. The van der Waals surface area contributed by atoms with E-state index in [1.807, 2.05) is 25.3 Å². The van der Waals surface area contributed by atoms with Gasteiger partial charge >= 0.3 is 5.63 Å². The zero-order valence-corrected chi connectivity index (χ0v) is 16.4. The van der Waals surface area contributed by atoms with Gasteiger partial charge in [-0.25, -0.2) is 4.79 Å². The van der Waals surface area contributed by atoms with E-state index in [1.54, 1.807) is 17.4 Å². The zero-order chi connectivity index (χ0) is 18.7. The van der Waals surface area contributed by atoms with Crippen molar-refractivity contribution in [2.75, 3.05) is 0 Å². The van der Waals surface area contributed by atoms with Gasteiger partial charge in [0.05, 0.1) is 5.76 Å². The molecule has 0 saturated carbocycles. The summed E-state index contributed by atoms with van der Waals surface area (Å²) in [5, 5.41) is 14.9. The highest BCUT2D eigenvalue weighted by Crippen LogP contribution is 2.44. The molecule has 1 aliphatic heterocycles. The molecule has 0 aliphatic carbocycles. The molecule has 2 aromatic rings. The summed E-state index contributed by atoms with van der Waals surface area (Å²) in [6.07, 6.45) is 5.67. The minimum atomic E-state index is -0.808. The fourth-order valence-corrected chi connectivity index (χ4v) is 4.48. The van der Waals surface area contributed by atoms with Crippen LogP contribution >= 0.6 is 11.3 Å². The fraction of sp³-hybridized carbons (Fsp3) is 0.476. The van der Waals surface area contributed by atoms with Crippen LogP contribution in [-0.2, 0) is 16.8 Å². The van der Waals surface area contributed by atoms with Crippen LogP contribution in [0, 0.1) is 0 Å². The van der Waals surface area contributed by atoms with Crippen LogP contribution in [0.4, 0.5) is 0 Å². The molecule has 2 atom stereocenters. The van der Waals surface area contributed by atoms with Gasteiger partial charge in [0.15, 0.2) is 0 Å². The van der Waals surface area contributed by atoms with Crippen molar-refractivity contribution in [3.05, 3.63) is 62.0 Å². The molecule has 0 saturated heterocycles. The van der Waals surface area contributed by atoms with Crippen LogP contribution in [0.3, 0.4) is 0 Å². The van der Waals surface area contributed by atoms with Gasteiger partial charge in [-0.2, -0.15) is 11.3 Å². The molecule has 140 valence electrons. The molecule has 0 fully saturated rings. The summed E-state index contributed by atoms with van der Waals surface area (Å²) in [7, 11) is 0. The second-order valence-electron chi connectivity index (χ2n) is 7.00. The Morgan fingerprint density at radius 2 is 2.19 bits per heavy atom. The molecule has 3 heterocycles. The van der Waals surface area contributed by atoms with E-state index in [1.165, 1.54) is 5.56 Å². The molecule has 0 radical (unpaired) electrons. The van der Waals surface area contributed by atoms with Crippen molar-refractivity contribution in [3.8, 4) is 5.75 Å². The van der Waals surface area contributed by atoms with Gasteiger partial charge < -0.3 is 14.3 Å². The van der Waals surface area contributed by atoms with Crippen LogP contribution in [0.15, 0.2) is 43.9 Å². The molecule has 3 rings (SSSR count). The summed E-state index contributed by atoms with van der Waals surface area (Å²) < 4.78 is 11.7. The van der Waals surface area contributed by atoms with Gasteiger partial charge in [-0.05, 0) is 54.7 Å². The maximum absolute atomic E-state index is 12.8. The SMILES string of the molecule is CCCC1(c2c(O)cc(C(CC)Cc3ccsc3)oc2=O)CC=C(C)O1. The van der Waals surface area contributed by atoms with E-state index < -0.39 is 11.2 Å². The molecule has 2 aromatic heterocycles. The molecule has 2 unspecified atom stereocenters. The Bertz CT molecular complexity index is 834. The number of hydrogen-bond acceptors (Lipinski definition) is 5. The van der Waals surface area contributed by atoms with Crippen LogP contribution in [0.25, 0.3) is 0 Å². The Labute approximate surface area is 158 Å². The summed E-state index contributed by atoms with van der Waals surface area (Å²) in [6, 6.07) is 3.70. The quantitative estimate of drug-likeness (QED) is 0.699. The van der Waals surface area contributed by atoms with E-state index in [4.69, 9.17) is 9.15 Å². The Kier molecular flexibility index (Phi) is 5.56. The topological polar surface area (TPSA) is 59.7 Å². The number of rotatable bonds is 7. The number of allylic oxidation sites excluding steroid dienone is 1. The van der Waals surface area contributed by atoms with Crippen LogP contribution in [0.5, 0.6) is 5.75 Å². The van der Waals surface area contributed by atoms with Crippen molar-refractivity contribution in [3.63, 3.8) is 0 Å². The summed E-state index contributed by atoms with van der Waals surface area (Å²) in [4.78, 5) is 12.8. The minimum absolute atomic E-state index is 0.0171. The maximum Gasteiger partial charge on any atom is 0.347 e. The second kappa shape index (κ2) is 7.70. The van der Waals surface area contributed by atoms with Crippen molar-refractivity contribution in [1.82, 2.24) is 0 Å². The monoisotopic (exact) mass is 374 g/mol. The summed E-state index contributed by atoms with van der Waals surface area (Å²) in [5.41, 5.74) is 0.174. The summed E-state index contributed by atoms with van der Waals surface area (Å²) in [5.74, 6) is 1.37. The van der Waals surface area contributed by atoms with E-state index in [0.717, 1.165) is 25.0 Å². The van der Waals surface area contributed by atoms with Crippen molar-refractivity contribution < 1.29 is 14.3 Å². The maximum atomic E-state index is 12.8. The second-order valence-corrected chi connectivity index (χ2v) is 7.78. The van der Waals surface area contributed by atoms with E-state index >= 15 is 0 Å². The van der Waals surface area contributed by atoms with Crippen LogP contribution in [0.1, 0.15) is 69.3 Å². The number of hydrogen-bond donors (Lipinski definition) is 1. The summed E-state index contributed by atoms with van der Waals surface area (Å²) >= 11 is 1.65. The van der Waals surface area contributed by atoms with Gasteiger partial charge in [0.2, 0.25) is 0 Å². The lowest BCUT2D eigenvalue weighted by molar-refractivity contribution is 0.00887. The predicted octanol–water partition coefficient (Wildman–Crippen LogP) is 5.46. The third-order valence-corrected chi connectivity index (χ3v) is 5.82. The molecule has 1 aliphatic rings. The number of aromatic hydroxyl groups is 1. The number of thiophene rings is 1. The Morgan fingerprint density at radius 1 is 1.38 bits per heavy atom. The van der Waals surface area contributed by atoms with Crippen molar-refractivity contribution in [2.24, 2.45) is 0 Å². The third-order valence-electron chi connectivity index (χ3n) is 5.09. The molecule has 0 aromatic carbocycles. The van der Waals surface area contributed by atoms with Crippen molar-refractivity contribution in [2.45, 2.75) is 64.4 Å². The van der Waals surface area contributed by atoms with Gasteiger partial charge in [0.25, 0.3) is 0 Å². The molecule has 0 bridgehead atoms. The average Bonchev–Trinajstić information content (AvgIpc) is 3.22. The first-order valence-corrected chi connectivity index (χ1v) is 10.2. The molecule has 1 N–H and O–H groups in total. The largest absolute Gasteiger partial charge is 0.507 e.